The molecule has 0 spiro atoms. The van der Waals surface area contributed by atoms with Crippen LogP contribution in [-0.2, 0) is 19.6 Å². The molecule has 0 aliphatic rings. The molecule has 1 atom stereocenters. The molecule has 2 aromatic rings. The van der Waals surface area contributed by atoms with Crippen molar-refractivity contribution in [2.24, 2.45) is 0 Å². The highest BCUT2D eigenvalue weighted by molar-refractivity contribution is 7.90. The summed E-state index contributed by atoms with van der Waals surface area (Å²) < 4.78 is 26.5. The molecule has 1 heterocycles. The Balaban J connectivity index is 2.14. The van der Waals surface area contributed by atoms with Crippen molar-refractivity contribution in [3.8, 4) is 6.07 Å². The fraction of sp³-hybridized carbons (Fsp3) is 0.188. The average molecular weight is 377 g/mol. The molecule has 130 valence electrons. The first-order chi connectivity index (χ1) is 11.8. The molecule has 2 N–H and O–H groups in total. The smallest absolute Gasteiger partial charge is 0.264 e. The van der Waals surface area contributed by atoms with E-state index in [1.165, 1.54) is 42.5 Å². The largest absolute Gasteiger partial charge is 0.348 e. The molecule has 0 aliphatic carbocycles. The van der Waals surface area contributed by atoms with E-state index in [0.29, 0.717) is 0 Å². The molecular formula is C16H15N3O4S2. The normalized spacial score (nSPS) is 12.0. The van der Waals surface area contributed by atoms with Gasteiger partial charge in [0, 0.05) is 11.8 Å². The molecule has 2 amide bonds. The summed E-state index contributed by atoms with van der Waals surface area (Å²) in [4.78, 5) is 24.1. The van der Waals surface area contributed by atoms with Gasteiger partial charge in [0.05, 0.1) is 29.0 Å². The van der Waals surface area contributed by atoms with Crippen LogP contribution in [0.1, 0.15) is 29.8 Å². The number of carbonyl (C=O) groups is 2. The van der Waals surface area contributed by atoms with Gasteiger partial charge in [0.2, 0.25) is 11.8 Å². The maximum Gasteiger partial charge on any atom is 0.264 e. The number of rotatable bonds is 6. The van der Waals surface area contributed by atoms with E-state index in [0.717, 1.165) is 4.88 Å². The number of sulfonamides is 1. The fourth-order valence-corrected chi connectivity index (χ4v) is 3.94. The Bertz CT molecular complexity index is 915. The van der Waals surface area contributed by atoms with Crippen molar-refractivity contribution in [3.63, 3.8) is 0 Å². The van der Waals surface area contributed by atoms with Crippen molar-refractivity contribution in [2.75, 3.05) is 0 Å². The van der Waals surface area contributed by atoms with E-state index in [-0.39, 0.29) is 22.8 Å². The van der Waals surface area contributed by atoms with Gasteiger partial charge in [-0.15, -0.1) is 11.3 Å². The van der Waals surface area contributed by atoms with Crippen LogP contribution in [0.2, 0.25) is 0 Å². The predicted octanol–water partition coefficient (Wildman–Crippen LogP) is 1.69. The highest BCUT2D eigenvalue weighted by atomic mass is 32.2. The minimum atomic E-state index is -4.09. The van der Waals surface area contributed by atoms with Crippen molar-refractivity contribution in [1.82, 2.24) is 10.0 Å². The first-order valence-electron chi connectivity index (χ1n) is 7.18. The van der Waals surface area contributed by atoms with E-state index in [1.807, 2.05) is 10.8 Å². The van der Waals surface area contributed by atoms with Crippen molar-refractivity contribution in [2.45, 2.75) is 24.3 Å². The number of nitrogens with one attached hydrogen (secondary N) is 2. The van der Waals surface area contributed by atoms with Crippen LogP contribution < -0.4 is 10.0 Å². The molecule has 0 unspecified atom stereocenters. The lowest BCUT2D eigenvalue weighted by Crippen LogP contribution is -2.35. The average Bonchev–Trinajstić information content (AvgIpc) is 3.08. The van der Waals surface area contributed by atoms with Gasteiger partial charge < -0.3 is 5.32 Å². The third kappa shape index (κ3) is 5.14. The van der Waals surface area contributed by atoms with Crippen LogP contribution in [0.25, 0.3) is 0 Å². The van der Waals surface area contributed by atoms with Gasteiger partial charge in [0.25, 0.3) is 10.0 Å². The molecule has 25 heavy (non-hydrogen) atoms. The SMILES string of the molecule is CC(=O)N[C@H](CC(=O)NS(=O)(=O)c1cccc(C#N)c1)c1cccs1. The zero-order valence-corrected chi connectivity index (χ0v) is 14.9. The summed E-state index contributed by atoms with van der Waals surface area (Å²) in [5.74, 6) is -1.08. The van der Waals surface area contributed by atoms with Gasteiger partial charge in [0.15, 0.2) is 0 Å². The standard InChI is InChI=1S/C16H15N3O4S2/c1-11(20)18-14(15-6-3-7-24-15)9-16(21)19-25(22,23)13-5-2-4-12(8-13)10-17/h2-8,14H,9H2,1H3,(H,18,20)(H,19,21)/t14-/m1/s1. The number of thiophene rings is 1. The van der Waals surface area contributed by atoms with Crippen molar-refractivity contribution in [1.29, 1.82) is 5.26 Å². The number of nitriles is 1. The molecule has 1 aromatic carbocycles. The Morgan fingerprint density at radius 1 is 1.28 bits per heavy atom. The summed E-state index contributed by atoms with van der Waals surface area (Å²) in [5, 5.41) is 13.3. The Morgan fingerprint density at radius 2 is 2.04 bits per heavy atom. The lowest BCUT2D eigenvalue weighted by Gasteiger charge is -2.16. The number of benzene rings is 1. The second-order valence-corrected chi connectivity index (χ2v) is 7.80. The van der Waals surface area contributed by atoms with Crippen LogP contribution in [0, 0.1) is 11.3 Å². The highest BCUT2D eigenvalue weighted by Crippen LogP contribution is 2.22. The van der Waals surface area contributed by atoms with Gasteiger partial charge in [-0.3, -0.25) is 9.59 Å². The predicted molar refractivity (Wildman–Crippen MR) is 92.0 cm³/mol. The van der Waals surface area contributed by atoms with Gasteiger partial charge in [-0.05, 0) is 29.6 Å². The van der Waals surface area contributed by atoms with Crippen LogP contribution in [0.3, 0.4) is 0 Å². The lowest BCUT2D eigenvalue weighted by molar-refractivity contribution is -0.121. The summed E-state index contributed by atoms with van der Waals surface area (Å²) in [7, 11) is -4.09. The fourth-order valence-electron chi connectivity index (χ4n) is 2.13. The zero-order valence-electron chi connectivity index (χ0n) is 13.2. The number of carbonyl (C=O) groups excluding carboxylic acids is 2. The number of amides is 2. The number of nitrogens with zero attached hydrogens (tertiary/aromatic N) is 1. The van der Waals surface area contributed by atoms with Gasteiger partial charge in [-0.2, -0.15) is 5.26 Å². The Morgan fingerprint density at radius 3 is 2.64 bits per heavy atom. The molecule has 0 radical (unpaired) electrons. The third-order valence-electron chi connectivity index (χ3n) is 3.18. The minimum Gasteiger partial charge on any atom is -0.348 e. The van der Waals surface area contributed by atoms with Gasteiger partial charge >= 0.3 is 0 Å². The van der Waals surface area contributed by atoms with Crippen LogP contribution >= 0.6 is 11.3 Å². The first-order valence-corrected chi connectivity index (χ1v) is 9.54. The topological polar surface area (TPSA) is 116 Å². The summed E-state index contributed by atoms with van der Waals surface area (Å²) in [6, 6.07) is 10.1. The van der Waals surface area contributed by atoms with E-state index < -0.39 is 22.0 Å². The maximum absolute atomic E-state index is 12.3. The maximum atomic E-state index is 12.3. The van der Waals surface area contributed by atoms with Gasteiger partial charge in [0.1, 0.15) is 0 Å². The van der Waals surface area contributed by atoms with Crippen molar-refractivity contribution >= 4 is 33.2 Å². The second-order valence-electron chi connectivity index (χ2n) is 5.14. The molecular weight excluding hydrogens is 362 g/mol. The number of hydrogen-bond acceptors (Lipinski definition) is 6. The van der Waals surface area contributed by atoms with Crippen LogP contribution in [0.5, 0.6) is 0 Å². The Kier molecular flexibility index (Phi) is 5.90. The Labute approximate surface area is 149 Å². The van der Waals surface area contributed by atoms with E-state index >= 15 is 0 Å². The zero-order chi connectivity index (χ0) is 18.4. The molecule has 0 fully saturated rings. The summed E-state index contributed by atoms with van der Waals surface area (Å²) in [6.07, 6.45) is -0.225. The monoisotopic (exact) mass is 377 g/mol. The van der Waals surface area contributed by atoms with Gasteiger partial charge in [-0.25, -0.2) is 13.1 Å². The van der Waals surface area contributed by atoms with E-state index in [2.05, 4.69) is 5.32 Å². The molecule has 0 saturated heterocycles. The first kappa shape index (κ1) is 18.6. The van der Waals surface area contributed by atoms with E-state index in [4.69, 9.17) is 5.26 Å². The molecule has 1 aromatic heterocycles. The van der Waals surface area contributed by atoms with Crippen LogP contribution in [0.4, 0.5) is 0 Å². The molecule has 9 heteroatoms. The van der Waals surface area contributed by atoms with Crippen molar-refractivity contribution < 1.29 is 18.0 Å². The number of hydrogen-bond donors (Lipinski definition) is 2. The van der Waals surface area contributed by atoms with Crippen LogP contribution in [-0.4, -0.2) is 20.2 Å². The Hall–Kier alpha value is -2.70. The lowest BCUT2D eigenvalue weighted by atomic mass is 10.1. The summed E-state index contributed by atoms with van der Waals surface area (Å²) >= 11 is 1.35. The molecule has 2 rings (SSSR count). The molecule has 0 bridgehead atoms. The van der Waals surface area contributed by atoms with E-state index in [1.54, 1.807) is 17.5 Å². The highest BCUT2D eigenvalue weighted by Gasteiger charge is 2.23. The molecule has 0 aliphatic heterocycles. The van der Waals surface area contributed by atoms with Crippen molar-refractivity contribution in [3.05, 3.63) is 52.2 Å². The second kappa shape index (κ2) is 7.92. The minimum absolute atomic E-state index is 0.171. The van der Waals surface area contributed by atoms with E-state index in [9.17, 15) is 18.0 Å². The third-order valence-corrected chi connectivity index (χ3v) is 5.53. The van der Waals surface area contributed by atoms with Crippen LogP contribution in [0.15, 0.2) is 46.7 Å². The molecule has 0 saturated carbocycles. The quantitative estimate of drug-likeness (QED) is 0.795. The molecule has 7 nitrogen and oxygen atoms in total. The summed E-state index contributed by atoms with van der Waals surface area (Å²) in [5.41, 5.74) is 0.171. The van der Waals surface area contributed by atoms with Gasteiger partial charge in [-0.1, -0.05) is 12.1 Å². The summed E-state index contributed by atoms with van der Waals surface area (Å²) in [6.45, 7) is 1.32.